The molecule has 0 aliphatic heterocycles. The maximum atomic E-state index is 13.3. The Bertz CT molecular complexity index is 1850. The number of anilines is 3. The Morgan fingerprint density at radius 3 is 0.520 bits per heavy atom. The molecule has 1 aromatic heterocycles. The first-order chi connectivity index (χ1) is 34.6. The third-order valence-electron chi connectivity index (χ3n) is 12.0. The monoisotopic (exact) mass is 1050 g/mol. The van der Waals surface area contributed by atoms with E-state index in [2.05, 4.69) is 39.5 Å². The average molecular weight is 1050 g/mol. The van der Waals surface area contributed by atoms with Gasteiger partial charge in [-0.3, -0.25) is 0 Å². The molecule has 420 valence electrons. The minimum Gasteiger partial charge on any atom is -0.457 e. The summed E-state index contributed by atoms with van der Waals surface area (Å²) in [5, 5.41) is 0. The molecular formula is C57H90N6O12. The molecule has 0 N–H and O–H groups in total. The summed E-state index contributed by atoms with van der Waals surface area (Å²) in [6.45, 7) is 54.4. The van der Waals surface area contributed by atoms with E-state index >= 15 is 0 Å². The first-order valence-corrected chi connectivity index (χ1v) is 25.8. The van der Waals surface area contributed by atoms with Crippen LogP contribution in [0.5, 0.6) is 0 Å². The van der Waals surface area contributed by atoms with Crippen LogP contribution >= 0.6 is 0 Å². The molecule has 0 amide bonds. The number of carbonyl (C=O) groups excluding carboxylic acids is 6. The lowest BCUT2D eigenvalue weighted by Crippen LogP contribution is -2.48. The van der Waals surface area contributed by atoms with Crippen molar-refractivity contribution in [1.82, 2.24) is 15.0 Å². The Kier molecular flexibility index (Phi) is 27.5. The third kappa shape index (κ3) is 22.6. The van der Waals surface area contributed by atoms with E-state index < -0.39 is 72.4 Å². The van der Waals surface area contributed by atoms with Gasteiger partial charge < -0.3 is 43.1 Å². The zero-order chi connectivity index (χ0) is 57.9. The minimum atomic E-state index is -0.813. The van der Waals surface area contributed by atoms with Gasteiger partial charge in [0.2, 0.25) is 17.8 Å². The van der Waals surface area contributed by atoms with E-state index in [4.69, 9.17) is 43.4 Å². The summed E-state index contributed by atoms with van der Waals surface area (Å²) in [5.41, 5.74) is 1.07. The highest BCUT2D eigenvalue weighted by Crippen LogP contribution is 2.28. The van der Waals surface area contributed by atoms with Crippen molar-refractivity contribution in [2.75, 3.05) is 54.0 Å². The summed E-state index contributed by atoms with van der Waals surface area (Å²) < 4.78 is 36.4. The molecule has 0 saturated carbocycles. The summed E-state index contributed by atoms with van der Waals surface area (Å²) in [7, 11) is 0. The van der Waals surface area contributed by atoms with E-state index in [1.54, 1.807) is 56.2 Å². The van der Waals surface area contributed by atoms with Gasteiger partial charge in [-0.2, -0.15) is 15.0 Å². The number of rotatable bonds is 33. The average Bonchev–Trinajstić information content (AvgIpc) is 3.30. The van der Waals surface area contributed by atoms with Gasteiger partial charge in [0.15, 0.2) is 0 Å². The van der Waals surface area contributed by atoms with Crippen molar-refractivity contribution in [3.05, 3.63) is 72.9 Å². The third-order valence-corrected chi connectivity index (χ3v) is 12.0. The summed E-state index contributed by atoms with van der Waals surface area (Å²) in [6.07, 6.45) is -4.88. The summed E-state index contributed by atoms with van der Waals surface area (Å²) in [4.78, 5) is 100. The second-order valence-electron chi connectivity index (χ2n) is 21.8. The molecule has 0 saturated heterocycles. The van der Waals surface area contributed by atoms with Crippen LogP contribution in [0.3, 0.4) is 0 Å². The van der Waals surface area contributed by atoms with Gasteiger partial charge in [0.25, 0.3) is 0 Å². The van der Waals surface area contributed by atoms with E-state index in [-0.39, 0.29) is 126 Å². The highest BCUT2D eigenvalue weighted by Gasteiger charge is 2.35. The fourth-order valence-electron chi connectivity index (χ4n) is 6.52. The summed E-state index contributed by atoms with van der Waals surface area (Å²) >= 11 is 0. The quantitative estimate of drug-likeness (QED) is 0.0365. The molecule has 18 nitrogen and oxygen atoms in total. The molecule has 18 heteroatoms. The van der Waals surface area contributed by atoms with Crippen molar-refractivity contribution in [1.29, 1.82) is 0 Å². The smallest absolute Gasteiger partial charge is 0.333 e. The number of ether oxygens (including phenoxy) is 6. The van der Waals surface area contributed by atoms with E-state index in [1.807, 2.05) is 83.1 Å². The molecule has 6 atom stereocenters. The highest BCUT2D eigenvalue weighted by molar-refractivity contribution is 5.89. The number of aromatic nitrogens is 3. The Labute approximate surface area is 448 Å². The van der Waals surface area contributed by atoms with Crippen molar-refractivity contribution in [2.45, 2.75) is 161 Å². The molecule has 0 bridgehead atoms. The van der Waals surface area contributed by atoms with Gasteiger partial charge >= 0.3 is 35.8 Å². The van der Waals surface area contributed by atoms with Crippen molar-refractivity contribution in [3.63, 3.8) is 0 Å². The van der Waals surface area contributed by atoms with Gasteiger partial charge in [0, 0.05) is 33.4 Å². The van der Waals surface area contributed by atoms with Crippen LogP contribution in [-0.2, 0) is 57.2 Å². The van der Waals surface area contributed by atoms with Gasteiger partial charge in [0.05, 0.1) is 39.3 Å². The van der Waals surface area contributed by atoms with Gasteiger partial charge in [-0.1, -0.05) is 123 Å². The van der Waals surface area contributed by atoms with Crippen LogP contribution in [0.25, 0.3) is 0 Å². The molecule has 6 unspecified atom stereocenters. The van der Waals surface area contributed by atoms with Crippen LogP contribution in [0.2, 0.25) is 0 Å². The van der Waals surface area contributed by atoms with Crippen molar-refractivity contribution in [2.24, 2.45) is 35.5 Å². The Balaban J connectivity index is 4.96. The lowest BCUT2D eigenvalue weighted by molar-refractivity contribution is -0.147. The van der Waals surface area contributed by atoms with Crippen LogP contribution in [0, 0.1) is 35.5 Å². The van der Waals surface area contributed by atoms with Crippen LogP contribution < -0.4 is 14.7 Å². The molecular weight excluding hydrogens is 961 g/mol. The largest absolute Gasteiger partial charge is 0.457 e. The van der Waals surface area contributed by atoms with Gasteiger partial charge in [0.1, 0.15) is 36.6 Å². The molecule has 0 aliphatic rings. The van der Waals surface area contributed by atoms with Crippen LogP contribution in [0.15, 0.2) is 72.9 Å². The Morgan fingerprint density at radius 2 is 0.427 bits per heavy atom. The van der Waals surface area contributed by atoms with E-state index in [9.17, 15) is 28.8 Å². The molecule has 0 aromatic carbocycles. The maximum absolute atomic E-state index is 13.3. The SMILES string of the molecule is C=C(C)C(=O)OC(CN(CC(OC(=O)C(=C)C)C(C)C)c1nc(N(CC(OC(=O)C(=C)C)C(C)C)CC(OC(=O)C(=C)C)C(C)C)nc(N(CC(OC(=O)C(=C)C)C(C)C)CC(OC(=O)C(=C)C)C(C)C)n1)C(C)C. The highest BCUT2D eigenvalue weighted by atomic mass is 16.6. The molecule has 0 radical (unpaired) electrons. The molecule has 1 rings (SSSR count). The predicted molar refractivity (Wildman–Crippen MR) is 294 cm³/mol. The van der Waals surface area contributed by atoms with E-state index in [1.165, 1.54) is 0 Å². The summed E-state index contributed by atoms with van der Waals surface area (Å²) in [5.74, 6) is -5.42. The number of nitrogens with zero attached hydrogens (tertiary/aromatic N) is 6. The summed E-state index contributed by atoms with van der Waals surface area (Å²) in [6, 6.07) is 0. The van der Waals surface area contributed by atoms with Crippen molar-refractivity contribution < 1.29 is 57.2 Å². The molecule has 75 heavy (non-hydrogen) atoms. The molecule has 0 spiro atoms. The maximum Gasteiger partial charge on any atom is 0.333 e. The normalized spacial score (nSPS) is 13.8. The van der Waals surface area contributed by atoms with Crippen LogP contribution in [-0.4, -0.2) is 127 Å². The Morgan fingerprint density at radius 1 is 0.307 bits per heavy atom. The number of esters is 6. The number of hydrogen-bond acceptors (Lipinski definition) is 18. The van der Waals surface area contributed by atoms with Crippen molar-refractivity contribution in [3.8, 4) is 0 Å². The van der Waals surface area contributed by atoms with Crippen LogP contribution in [0.1, 0.15) is 125 Å². The lowest BCUT2D eigenvalue weighted by Gasteiger charge is -2.37. The zero-order valence-electron chi connectivity index (χ0n) is 48.5. The second kappa shape index (κ2) is 30.9. The molecule has 0 fully saturated rings. The van der Waals surface area contributed by atoms with Crippen LogP contribution in [0.4, 0.5) is 17.8 Å². The van der Waals surface area contributed by atoms with Gasteiger partial charge in [-0.25, -0.2) is 28.8 Å². The fraction of sp³-hybridized carbons (Fsp3) is 0.632. The molecule has 1 heterocycles. The first kappa shape index (κ1) is 66.7. The number of carbonyl (C=O) groups is 6. The number of hydrogen-bond donors (Lipinski definition) is 0. The van der Waals surface area contributed by atoms with Crippen molar-refractivity contribution >= 4 is 53.7 Å². The molecule has 0 aliphatic carbocycles. The lowest BCUT2D eigenvalue weighted by atomic mass is 10.0. The standard InChI is InChI=1S/C57H90N6O12/c1-31(2)43(70-49(64)37(13)14)25-61(26-44(32(3)4)71-50(65)38(15)16)55-58-56(62(27-45(33(5)6)72-51(66)39(17)18)28-46(34(7)8)73-52(67)40(19)20)60-57(59-55)63(29-47(35(9)10)74-53(68)41(21)22)30-48(36(11)12)75-54(69)42(23)24/h31-36,43-48H,13,15,17,19,21,23,25-30H2,1-12,14,16,18,20,22,24H3. The fourth-order valence-corrected chi connectivity index (χ4v) is 6.52. The molecule has 1 aromatic rings. The van der Waals surface area contributed by atoms with Gasteiger partial charge in [-0.05, 0) is 77.0 Å². The zero-order valence-corrected chi connectivity index (χ0v) is 48.5. The predicted octanol–water partition coefficient (Wildman–Crippen LogP) is 9.15. The Hall–Kier alpha value is -6.33. The van der Waals surface area contributed by atoms with Gasteiger partial charge in [-0.15, -0.1) is 0 Å². The topological polar surface area (TPSA) is 206 Å². The first-order valence-electron chi connectivity index (χ1n) is 25.8. The van der Waals surface area contributed by atoms with E-state index in [0.717, 1.165) is 0 Å². The second-order valence-corrected chi connectivity index (χ2v) is 21.8. The van der Waals surface area contributed by atoms with E-state index in [0.29, 0.717) is 0 Å². The minimum absolute atomic E-state index is 0.0131.